The first-order valence-corrected chi connectivity index (χ1v) is 12.6. The molecule has 4 heteroatoms. The predicted octanol–water partition coefficient (Wildman–Crippen LogP) is 6.50. The number of alkyl carbamates (subject to hydrolysis) is 1. The molecule has 1 aliphatic rings. The van der Waals surface area contributed by atoms with Gasteiger partial charge in [-0.3, -0.25) is 0 Å². The van der Waals surface area contributed by atoms with Crippen molar-refractivity contribution in [2.75, 3.05) is 13.1 Å². The molecule has 0 saturated carbocycles. The minimum atomic E-state index is -0.305. The van der Waals surface area contributed by atoms with Crippen molar-refractivity contribution in [3.63, 3.8) is 0 Å². The first-order chi connectivity index (χ1) is 15.8. The molecule has 33 heavy (non-hydrogen) atoms. The number of hydrogen-bond acceptors (Lipinski definition) is 3. The largest absolute Gasteiger partial charge is 0.445 e. The van der Waals surface area contributed by atoms with E-state index in [1.807, 2.05) is 0 Å². The van der Waals surface area contributed by atoms with Crippen molar-refractivity contribution in [3.05, 3.63) is 70.8 Å². The summed E-state index contributed by atoms with van der Waals surface area (Å²) in [6.45, 7) is 14.7. The van der Waals surface area contributed by atoms with Gasteiger partial charge in [0, 0.05) is 31.0 Å². The van der Waals surface area contributed by atoms with Crippen LogP contribution in [0, 0.1) is 0 Å². The van der Waals surface area contributed by atoms with E-state index < -0.39 is 0 Å². The molecule has 0 unspecified atom stereocenters. The van der Waals surface area contributed by atoms with Crippen molar-refractivity contribution >= 4 is 6.09 Å². The topological polar surface area (TPSA) is 50.4 Å². The molecule has 1 saturated heterocycles. The predicted molar refractivity (Wildman–Crippen MR) is 137 cm³/mol. The maximum Gasteiger partial charge on any atom is 0.407 e. The van der Waals surface area contributed by atoms with Gasteiger partial charge in [-0.25, -0.2) is 4.79 Å². The van der Waals surface area contributed by atoms with Crippen molar-refractivity contribution in [2.45, 2.75) is 90.2 Å². The number of rotatable bonds is 9. The summed E-state index contributed by atoms with van der Waals surface area (Å²) in [6, 6.07) is 18.3. The second-order valence-electron chi connectivity index (χ2n) is 10.3. The Bertz CT molecular complexity index is 835. The summed E-state index contributed by atoms with van der Waals surface area (Å²) in [5, 5.41) is 6.56. The quantitative estimate of drug-likeness (QED) is 0.429. The van der Waals surface area contributed by atoms with Crippen molar-refractivity contribution < 1.29 is 9.53 Å². The summed E-state index contributed by atoms with van der Waals surface area (Å²) >= 11 is 0. The van der Waals surface area contributed by atoms with E-state index in [1.54, 1.807) is 0 Å². The second kappa shape index (κ2) is 11.2. The zero-order valence-corrected chi connectivity index (χ0v) is 21.3. The lowest BCUT2D eigenvalue weighted by Crippen LogP contribution is -2.44. The third-order valence-corrected chi connectivity index (χ3v) is 7.21. The average Bonchev–Trinajstić information content (AvgIpc) is 3.27. The Hall–Kier alpha value is -2.33. The second-order valence-corrected chi connectivity index (χ2v) is 10.3. The molecule has 0 radical (unpaired) electrons. The number of unbranched alkanes of at least 4 members (excludes halogenated alkanes) is 1. The van der Waals surface area contributed by atoms with Crippen LogP contribution >= 0.6 is 0 Å². The van der Waals surface area contributed by atoms with Gasteiger partial charge in [0.1, 0.15) is 6.10 Å². The number of hydrogen-bond donors (Lipinski definition) is 2. The number of nitrogens with one attached hydrogen (secondary N) is 2. The molecule has 2 aromatic carbocycles. The van der Waals surface area contributed by atoms with Crippen molar-refractivity contribution in [1.82, 2.24) is 10.6 Å². The van der Waals surface area contributed by atoms with Crippen LogP contribution in [0.3, 0.4) is 0 Å². The van der Waals surface area contributed by atoms with Gasteiger partial charge in [-0.2, -0.15) is 0 Å². The first-order valence-electron chi connectivity index (χ1n) is 12.6. The summed E-state index contributed by atoms with van der Waals surface area (Å²) in [4.78, 5) is 12.2. The van der Waals surface area contributed by atoms with Gasteiger partial charge in [0.2, 0.25) is 0 Å². The molecule has 2 aromatic rings. The molecule has 1 aliphatic heterocycles. The Balaban J connectivity index is 1.85. The van der Waals surface area contributed by atoms with Gasteiger partial charge >= 0.3 is 6.09 Å². The van der Waals surface area contributed by atoms with Gasteiger partial charge in [-0.1, -0.05) is 89.6 Å². The minimum absolute atomic E-state index is 0.124. The summed E-state index contributed by atoms with van der Waals surface area (Å²) in [5.41, 5.74) is 5.03. The minimum Gasteiger partial charge on any atom is -0.445 e. The normalized spacial score (nSPS) is 18.7. The van der Waals surface area contributed by atoms with Gasteiger partial charge < -0.3 is 15.4 Å². The van der Waals surface area contributed by atoms with Crippen LogP contribution in [0.25, 0.3) is 0 Å². The average molecular weight is 451 g/mol. The fourth-order valence-electron chi connectivity index (χ4n) is 4.79. The third kappa shape index (κ3) is 5.97. The molecule has 4 nitrogen and oxygen atoms in total. The highest BCUT2D eigenvalue weighted by Gasteiger charge is 2.43. The van der Waals surface area contributed by atoms with E-state index in [1.165, 1.54) is 22.3 Å². The van der Waals surface area contributed by atoms with Crippen LogP contribution in [-0.4, -0.2) is 31.3 Å². The molecule has 3 rings (SSSR count). The van der Waals surface area contributed by atoms with Gasteiger partial charge in [-0.15, -0.1) is 0 Å². The molecule has 0 bridgehead atoms. The maximum absolute atomic E-state index is 12.2. The number of amides is 1. The Kier molecular flexibility index (Phi) is 8.58. The van der Waals surface area contributed by atoms with E-state index in [9.17, 15) is 4.79 Å². The van der Waals surface area contributed by atoms with Crippen molar-refractivity contribution in [3.8, 4) is 0 Å². The van der Waals surface area contributed by atoms with Crippen LogP contribution < -0.4 is 10.6 Å². The van der Waals surface area contributed by atoms with E-state index in [4.69, 9.17) is 4.74 Å². The van der Waals surface area contributed by atoms with Gasteiger partial charge in [0.25, 0.3) is 0 Å². The molecule has 2 atom stereocenters. The zero-order valence-electron chi connectivity index (χ0n) is 21.3. The van der Waals surface area contributed by atoms with Crippen molar-refractivity contribution in [2.24, 2.45) is 0 Å². The third-order valence-electron chi connectivity index (χ3n) is 7.21. The number of ether oxygens (including phenoxy) is 1. The van der Waals surface area contributed by atoms with E-state index in [0.717, 1.165) is 19.3 Å². The standard InChI is InChI=1S/C29H42N2O2/c1-7-8-17-30-28(32)33-26-18-27(31-19-26)29(6,24-13-9-22(10-14-24)20(2)3)25-15-11-23(12-16-25)21(4)5/h9-16,20-21,26-27,31H,7-8,17-19H2,1-6H3,(H,30,32)/t26-,27-/m1/s1. The maximum atomic E-state index is 12.2. The first kappa shape index (κ1) is 25.3. The smallest absolute Gasteiger partial charge is 0.407 e. The van der Waals surface area contributed by atoms with E-state index >= 15 is 0 Å². The fourth-order valence-corrected chi connectivity index (χ4v) is 4.79. The molecular formula is C29H42N2O2. The van der Waals surface area contributed by atoms with Crippen LogP contribution in [-0.2, 0) is 10.2 Å². The molecule has 1 fully saturated rings. The summed E-state index contributed by atoms with van der Waals surface area (Å²) in [7, 11) is 0. The highest BCUT2D eigenvalue weighted by Crippen LogP contribution is 2.40. The van der Waals surface area contributed by atoms with Crippen molar-refractivity contribution in [1.29, 1.82) is 0 Å². The molecule has 1 heterocycles. The Labute approximate surface area is 200 Å². The van der Waals surface area contributed by atoms with Crippen LogP contribution in [0.4, 0.5) is 4.79 Å². The molecule has 0 aromatic heterocycles. The lowest BCUT2D eigenvalue weighted by molar-refractivity contribution is 0.105. The molecular weight excluding hydrogens is 408 g/mol. The van der Waals surface area contributed by atoms with Gasteiger partial charge in [0.05, 0.1) is 0 Å². The molecule has 0 aliphatic carbocycles. The van der Waals surface area contributed by atoms with Gasteiger partial charge in [-0.05, 0) is 47.4 Å². The van der Waals surface area contributed by atoms with E-state index in [2.05, 4.69) is 101 Å². The fraction of sp³-hybridized carbons (Fsp3) is 0.552. The van der Waals surface area contributed by atoms with Crippen LogP contribution in [0.15, 0.2) is 48.5 Å². The van der Waals surface area contributed by atoms with Crippen LogP contribution in [0.5, 0.6) is 0 Å². The Morgan fingerprint density at radius 3 is 1.97 bits per heavy atom. The highest BCUT2D eigenvalue weighted by molar-refractivity contribution is 5.67. The summed E-state index contributed by atoms with van der Waals surface area (Å²) in [6.07, 6.45) is 2.38. The number of benzene rings is 2. The SMILES string of the molecule is CCCCNC(=O)O[C@H]1CN[C@@H](C(C)(c2ccc(C(C)C)cc2)c2ccc(C(C)C)cc2)C1. The lowest BCUT2D eigenvalue weighted by Gasteiger charge is -2.37. The molecule has 0 spiro atoms. The monoisotopic (exact) mass is 450 g/mol. The molecule has 2 N–H and O–H groups in total. The van der Waals surface area contributed by atoms with Crippen LogP contribution in [0.2, 0.25) is 0 Å². The zero-order chi connectivity index (χ0) is 24.0. The highest BCUT2D eigenvalue weighted by atomic mass is 16.6. The Morgan fingerprint density at radius 2 is 1.52 bits per heavy atom. The summed E-state index contributed by atoms with van der Waals surface area (Å²) < 4.78 is 5.74. The van der Waals surface area contributed by atoms with Gasteiger partial charge in [0.15, 0.2) is 0 Å². The lowest BCUT2D eigenvalue weighted by atomic mass is 9.69. The number of carbonyl (C=O) groups is 1. The van der Waals surface area contributed by atoms with E-state index in [0.29, 0.717) is 24.9 Å². The van der Waals surface area contributed by atoms with Crippen LogP contribution in [0.1, 0.15) is 94.9 Å². The van der Waals surface area contributed by atoms with E-state index in [-0.39, 0.29) is 23.7 Å². The molecule has 180 valence electrons. The Morgan fingerprint density at radius 1 is 1.00 bits per heavy atom. The summed E-state index contributed by atoms with van der Waals surface area (Å²) in [5.74, 6) is 1.01. The molecule has 1 amide bonds. The number of carbonyl (C=O) groups excluding carboxylic acids is 1.